The summed E-state index contributed by atoms with van der Waals surface area (Å²) in [4.78, 5) is 0. The van der Waals surface area contributed by atoms with E-state index in [-0.39, 0.29) is 17.4 Å². The number of nitrogens with two attached hydrogens (primary N) is 1. The van der Waals surface area contributed by atoms with Crippen molar-refractivity contribution >= 4 is 35.6 Å². The van der Waals surface area contributed by atoms with Crippen molar-refractivity contribution in [2.75, 3.05) is 0 Å². The lowest BCUT2D eigenvalue weighted by Gasteiger charge is -2.14. The van der Waals surface area contributed by atoms with Gasteiger partial charge in [-0.15, -0.1) is 12.4 Å². The Bertz CT molecular complexity index is 354. The Kier molecular flexibility index (Phi) is 5.90. The molecule has 1 aromatic carbocycles. The van der Waals surface area contributed by atoms with Crippen LogP contribution >= 0.6 is 35.6 Å². The highest BCUT2D eigenvalue weighted by Crippen LogP contribution is 2.30. The SMILES string of the molecule is Cl.NC(CC(F)(F)F)c1ccc(Cl)c(Cl)c1. The fourth-order valence-electron chi connectivity index (χ4n) is 1.11. The van der Waals surface area contributed by atoms with E-state index in [9.17, 15) is 13.2 Å². The van der Waals surface area contributed by atoms with Crippen molar-refractivity contribution < 1.29 is 13.2 Å². The molecule has 0 aromatic heterocycles. The Morgan fingerprint density at radius 1 is 1.19 bits per heavy atom. The van der Waals surface area contributed by atoms with Gasteiger partial charge in [-0.1, -0.05) is 29.3 Å². The lowest BCUT2D eigenvalue weighted by atomic mass is 10.0. The minimum absolute atomic E-state index is 0. The smallest absolute Gasteiger partial charge is 0.324 e. The molecule has 0 spiro atoms. The molecule has 0 amide bonds. The van der Waals surface area contributed by atoms with E-state index < -0.39 is 18.6 Å². The lowest BCUT2D eigenvalue weighted by Crippen LogP contribution is -2.20. The fraction of sp³-hybridized carbons (Fsp3) is 0.333. The first-order chi connectivity index (χ1) is 6.79. The topological polar surface area (TPSA) is 26.0 Å². The maximum atomic E-state index is 12.0. The van der Waals surface area contributed by atoms with Crippen molar-refractivity contribution in [2.45, 2.75) is 18.6 Å². The Balaban J connectivity index is 0.00000225. The van der Waals surface area contributed by atoms with E-state index in [1.807, 2.05) is 0 Å². The van der Waals surface area contributed by atoms with Gasteiger partial charge in [0.1, 0.15) is 0 Å². The third-order valence-electron chi connectivity index (χ3n) is 1.82. The second-order valence-corrected chi connectivity index (χ2v) is 3.91. The van der Waals surface area contributed by atoms with Crippen LogP contribution in [0.3, 0.4) is 0 Å². The molecular formula is C9H9Cl3F3N. The quantitative estimate of drug-likeness (QED) is 0.861. The van der Waals surface area contributed by atoms with Crippen LogP contribution in [0.4, 0.5) is 13.2 Å². The first kappa shape index (κ1) is 15.8. The third kappa shape index (κ3) is 4.78. The zero-order chi connectivity index (χ0) is 11.6. The molecule has 0 bridgehead atoms. The molecule has 1 rings (SSSR count). The molecule has 0 aliphatic carbocycles. The van der Waals surface area contributed by atoms with E-state index in [2.05, 4.69) is 0 Å². The fourth-order valence-corrected chi connectivity index (χ4v) is 1.42. The van der Waals surface area contributed by atoms with E-state index in [4.69, 9.17) is 28.9 Å². The Morgan fingerprint density at radius 2 is 1.75 bits per heavy atom. The summed E-state index contributed by atoms with van der Waals surface area (Å²) in [5.41, 5.74) is 5.70. The van der Waals surface area contributed by atoms with Gasteiger partial charge in [-0.3, -0.25) is 0 Å². The van der Waals surface area contributed by atoms with Gasteiger partial charge in [0.2, 0.25) is 0 Å². The number of benzene rings is 1. The minimum Gasteiger partial charge on any atom is -0.324 e. The summed E-state index contributed by atoms with van der Waals surface area (Å²) in [6.45, 7) is 0. The molecule has 0 fully saturated rings. The van der Waals surface area contributed by atoms with Crippen LogP contribution in [0.2, 0.25) is 10.0 Å². The van der Waals surface area contributed by atoms with Crippen LogP contribution in [0, 0.1) is 0 Å². The summed E-state index contributed by atoms with van der Waals surface area (Å²) >= 11 is 11.3. The molecule has 0 aliphatic heterocycles. The first-order valence-corrected chi connectivity index (χ1v) is 4.82. The summed E-state index contributed by atoms with van der Waals surface area (Å²) in [5, 5.41) is 0.492. The summed E-state index contributed by atoms with van der Waals surface area (Å²) in [5.74, 6) is 0. The van der Waals surface area contributed by atoms with E-state index in [0.717, 1.165) is 0 Å². The molecule has 1 atom stereocenters. The first-order valence-electron chi connectivity index (χ1n) is 4.07. The van der Waals surface area contributed by atoms with Gasteiger partial charge in [0, 0.05) is 6.04 Å². The van der Waals surface area contributed by atoms with Gasteiger partial charge >= 0.3 is 6.18 Å². The van der Waals surface area contributed by atoms with Crippen LogP contribution in [0.5, 0.6) is 0 Å². The monoisotopic (exact) mass is 293 g/mol. The summed E-state index contributed by atoms with van der Waals surface area (Å²) in [7, 11) is 0. The summed E-state index contributed by atoms with van der Waals surface area (Å²) in [6, 6.07) is 3.10. The van der Waals surface area contributed by atoms with E-state index in [1.165, 1.54) is 18.2 Å². The van der Waals surface area contributed by atoms with E-state index in [1.54, 1.807) is 0 Å². The molecule has 1 nitrogen and oxygen atoms in total. The highest BCUT2D eigenvalue weighted by Gasteiger charge is 2.30. The molecule has 1 unspecified atom stereocenters. The molecule has 92 valence electrons. The zero-order valence-electron chi connectivity index (χ0n) is 7.89. The molecular weight excluding hydrogens is 285 g/mol. The summed E-state index contributed by atoms with van der Waals surface area (Å²) in [6.07, 6.45) is -5.36. The van der Waals surface area contributed by atoms with Crippen LogP contribution in [0.25, 0.3) is 0 Å². The highest BCUT2D eigenvalue weighted by atomic mass is 35.5. The Labute approximate surface area is 107 Å². The Hall–Kier alpha value is -0.160. The van der Waals surface area contributed by atoms with Crippen molar-refractivity contribution in [2.24, 2.45) is 5.73 Å². The minimum atomic E-state index is -4.29. The molecule has 16 heavy (non-hydrogen) atoms. The molecule has 1 aromatic rings. The normalized spacial score (nSPS) is 13.1. The second kappa shape index (κ2) is 5.96. The number of hydrogen-bond acceptors (Lipinski definition) is 1. The predicted molar refractivity (Wildman–Crippen MR) is 61.3 cm³/mol. The standard InChI is InChI=1S/C9H8Cl2F3N.ClH/c10-6-2-1-5(3-7(6)11)8(15)4-9(12,13)14;/h1-3,8H,4,15H2;1H. The number of hydrogen-bond donors (Lipinski definition) is 1. The van der Waals surface area contributed by atoms with Gasteiger partial charge in [0.25, 0.3) is 0 Å². The molecule has 0 aliphatic rings. The van der Waals surface area contributed by atoms with Gasteiger partial charge in [-0.2, -0.15) is 13.2 Å². The molecule has 0 saturated heterocycles. The van der Waals surface area contributed by atoms with Crippen molar-refractivity contribution in [3.63, 3.8) is 0 Å². The largest absolute Gasteiger partial charge is 0.390 e. The molecule has 2 N–H and O–H groups in total. The van der Waals surface area contributed by atoms with Gasteiger partial charge in [0.15, 0.2) is 0 Å². The predicted octanol–water partition coefficient (Wildman–Crippen LogP) is 4.37. The number of rotatable bonds is 2. The van der Waals surface area contributed by atoms with Crippen LogP contribution in [-0.4, -0.2) is 6.18 Å². The van der Waals surface area contributed by atoms with Crippen molar-refractivity contribution in [3.05, 3.63) is 33.8 Å². The van der Waals surface area contributed by atoms with Crippen molar-refractivity contribution in [1.29, 1.82) is 0 Å². The van der Waals surface area contributed by atoms with Gasteiger partial charge < -0.3 is 5.73 Å². The average molecular weight is 295 g/mol. The number of halogens is 6. The molecule has 0 saturated carbocycles. The van der Waals surface area contributed by atoms with Crippen molar-refractivity contribution in [1.82, 2.24) is 0 Å². The second-order valence-electron chi connectivity index (χ2n) is 3.10. The van der Waals surface area contributed by atoms with Crippen molar-refractivity contribution in [3.8, 4) is 0 Å². The maximum Gasteiger partial charge on any atom is 0.390 e. The summed E-state index contributed by atoms with van der Waals surface area (Å²) < 4.78 is 36.1. The van der Waals surface area contributed by atoms with E-state index in [0.29, 0.717) is 10.6 Å². The molecule has 7 heteroatoms. The highest BCUT2D eigenvalue weighted by molar-refractivity contribution is 6.42. The van der Waals surface area contributed by atoms with Crippen LogP contribution in [0.1, 0.15) is 18.0 Å². The zero-order valence-corrected chi connectivity index (χ0v) is 10.2. The van der Waals surface area contributed by atoms with Crippen LogP contribution in [0.15, 0.2) is 18.2 Å². The lowest BCUT2D eigenvalue weighted by molar-refractivity contribution is -0.138. The third-order valence-corrected chi connectivity index (χ3v) is 2.56. The maximum absolute atomic E-state index is 12.0. The van der Waals surface area contributed by atoms with Crippen LogP contribution < -0.4 is 5.73 Å². The number of alkyl halides is 3. The molecule has 0 heterocycles. The Morgan fingerprint density at radius 3 is 2.19 bits per heavy atom. The van der Waals surface area contributed by atoms with Gasteiger partial charge in [-0.05, 0) is 17.7 Å². The van der Waals surface area contributed by atoms with Gasteiger partial charge in [0.05, 0.1) is 16.5 Å². The average Bonchev–Trinajstić information content (AvgIpc) is 2.06. The van der Waals surface area contributed by atoms with E-state index >= 15 is 0 Å². The van der Waals surface area contributed by atoms with Gasteiger partial charge in [-0.25, -0.2) is 0 Å². The molecule has 0 radical (unpaired) electrons. The van der Waals surface area contributed by atoms with Crippen LogP contribution in [-0.2, 0) is 0 Å².